The van der Waals surface area contributed by atoms with Crippen molar-refractivity contribution in [2.45, 2.75) is 32.1 Å². The van der Waals surface area contributed by atoms with Crippen LogP contribution in [0.1, 0.15) is 42.5 Å². The van der Waals surface area contributed by atoms with Gasteiger partial charge in [-0.2, -0.15) is 0 Å². The number of rotatable bonds is 3. The van der Waals surface area contributed by atoms with Gasteiger partial charge in [-0.3, -0.25) is 4.79 Å². The van der Waals surface area contributed by atoms with Gasteiger partial charge in [-0.25, -0.2) is 4.98 Å². The second kappa shape index (κ2) is 4.69. The molecule has 2 saturated carbocycles. The van der Waals surface area contributed by atoms with Gasteiger partial charge in [-0.1, -0.05) is 6.42 Å². The molecule has 2 fully saturated rings. The van der Waals surface area contributed by atoms with Gasteiger partial charge in [-0.15, -0.1) is 0 Å². The zero-order chi connectivity index (χ0) is 13.7. The van der Waals surface area contributed by atoms with Crippen molar-refractivity contribution in [3.05, 3.63) is 28.5 Å². The fourth-order valence-corrected chi connectivity index (χ4v) is 4.51. The highest BCUT2D eigenvalue weighted by atomic mass is 79.9. The minimum Gasteiger partial charge on any atom is -0.345 e. The lowest BCUT2D eigenvalue weighted by Gasteiger charge is -2.20. The molecule has 4 heteroatoms. The van der Waals surface area contributed by atoms with Gasteiger partial charge in [0.1, 0.15) is 5.65 Å². The second-order valence-electron chi connectivity index (χ2n) is 6.31. The fraction of sp³-hybridized carbons (Fsp3) is 0.500. The summed E-state index contributed by atoms with van der Waals surface area (Å²) in [7, 11) is 0. The van der Waals surface area contributed by atoms with Crippen molar-refractivity contribution in [3.63, 3.8) is 0 Å². The number of aromatic nitrogens is 2. The Morgan fingerprint density at radius 2 is 2.30 bits per heavy atom. The average molecular weight is 333 g/mol. The van der Waals surface area contributed by atoms with Crippen LogP contribution in [0.25, 0.3) is 11.0 Å². The van der Waals surface area contributed by atoms with Crippen LogP contribution in [0, 0.1) is 17.8 Å². The lowest BCUT2D eigenvalue weighted by Crippen LogP contribution is -2.15. The molecule has 0 saturated heterocycles. The Kier molecular flexibility index (Phi) is 2.95. The van der Waals surface area contributed by atoms with Gasteiger partial charge >= 0.3 is 0 Å². The van der Waals surface area contributed by atoms with Crippen molar-refractivity contribution >= 4 is 32.7 Å². The lowest BCUT2D eigenvalue weighted by molar-refractivity contribution is 0.0946. The molecule has 2 aliphatic rings. The summed E-state index contributed by atoms with van der Waals surface area (Å²) in [5.41, 5.74) is 1.60. The molecular formula is C16H17BrN2O. The first-order valence-electron chi connectivity index (χ1n) is 7.36. The Morgan fingerprint density at radius 3 is 3.05 bits per heavy atom. The summed E-state index contributed by atoms with van der Waals surface area (Å²) in [6.07, 6.45) is 9.63. The van der Waals surface area contributed by atoms with E-state index in [0.29, 0.717) is 12.3 Å². The van der Waals surface area contributed by atoms with Crippen LogP contribution in [-0.4, -0.2) is 15.8 Å². The minimum atomic E-state index is 0.272. The van der Waals surface area contributed by atoms with E-state index in [-0.39, 0.29) is 5.78 Å². The number of halogens is 1. The quantitative estimate of drug-likeness (QED) is 0.850. The Bertz CT molecular complexity index is 678. The highest BCUT2D eigenvalue weighted by Gasteiger charge is 2.40. The van der Waals surface area contributed by atoms with Crippen molar-refractivity contribution < 1.29 is 4.79 Å². The summed E-state index contributed by atoms with van der Waals surface area (Å²) in [4.78, 5) is 20.0. The van der Waals surface area contributed by atoms with Gasteiger partial charge in [0, 0.05) is 34.2 Å². The molecule has 4 rings (SSSR count). The highest BCUT2D eigenvalue weighted by molar-refractivity contribution is 9.10. The van der Waals surface area contributed by atoms with Crippen molar-refractivity contribution in [2.75, 3.05) is 0 Å². The Labute approximate surface area is 126 Å². The summed E-state index contributed by atoms with van der Waals surface area (Å²) in [6.45, 7) is 0. The summed E-state index contributed by atoms with van der Waals surface area (Å²) < 4.78 is 0.915. The number of fused-ring (bicyclic) bond motifs is 3. The van der Waals surface area contributed by atoms with Gasteiger partial charge in [0.05, 0.1) is 0 Å². The van der Waals surface area contributed by atoms with Crippen LogP contribution in [0.15, 0.2) is 22.9 Å². The predicted octanol–water partition coefficient (Wildman–Crippen LogP) is 4.33. The Balaban J connectivity index is 1.59. The largest absolute Gasteiger partial charge is 0.345 e. The first-order valence-corrected chi connectivity index (χ1v) is 8.16. The van der Waals surface area contributed by atoms with Gasteiger partial charge in [0.25, 0.3) is 0 Å². The molecule has 2 heterocycles. The number of nitrogens with zero attached hydrogens (tertiary/aromatic N) is 1. The first kappa shape index (κ1) is 12.6. The number of pyridine rings is 1. The number of carbonyl (C=O) groups excluding carboxylic acids is 1. The summed E-state index contributed by atoms with van der Waals surface area (Å²) in [6, 6.07) is 1.98. The van der Waals surface area contributed by atoms with Crippen LogP contribution in [0.4, 0.5) is 0 Å². The third-order valence-corrected chi connectivity index (χ3v) is 5.56. The zero-order valence-corrected chi connectivity index (χ0v) is 12.8. The van der Waals surface area contributed by atoms with Gasteiger partial charge < -0.3 is 4.98 Å². The molecule has 0 spiro atoms. The highest BCUT2D eigenvalue weighted by Crippen LogP contribution is 2.49. The smallest absolute Gasteiger partial charge is 0.165 e. The molecule has 0 aromatic carbocycles. The molecule has 3 unspecified atom stereocenters. The van der Waals surface area contributed by atoms with Crippen LogP contribution >= 0.6 is 15.9 Å². The monoisotopic (exact) mass is 332 g/mol. The normalized spacial score (nSPS) is 28.4. The molecule has 3 nitrogen and oxygen atoms in total. The van der Waals surface area contributed by atoms with E-state index in [4.69, 9.17) is 0 Å². The topological polar surface area (TPSA) is 45.8 Å². The maximum atomic E-state index is 12.6. The third-order valence-electron chi connectivity index (χ3n) is 5.13. The molecule has 0 radical (unpaired) electrons. The van der Waals surface area contributed by atoms with E-state index in [0.717, 1.165) is 32.9 Å². The molecule has 2 aromatic heterocycles. The summed E-state index contributed by atoms with van der Waals surface area (Å²) in [5.74, 6) is 2.59. The van der Waals surface area contributed by atoms with Crippen LogP contribution in [-0.2, 0) is 0 Å². The molecule has 104 valence electrons. The molecule has 0 amide bonds. The Morgan fingerprint density at radius 1 is 1.40 bits per heavy atom. The van der Waals surface area contributed by atoms with Crippen molar-refractivity contribution in [2.24, 2.45) is 17.8 Å². The average Bonchev–Trinajstić information content (AvgIpc) is 3.11. The zero-order valence-electron chi connectivity index (χ0n) is 11.2. The molecule has 2 aliphatic carbocycles. The van der Waals surface area contributed by atoms with Crippen molar-refractivity contribution in [1.29, 1.82) is 0 Å². The van der Waals surface area contributed by atoms with Gasteiger partial charge in [0.2, 0.25) is 0 Å². The molecule has 20 heavy (non-hydrogen) atoms. The van der Waals surface area contributed by atoms with Crippen molar-refractivity contribution in [3.8, 4) is 0 Å². The van der Waals surface area contributed by atoms with Crippen molar-refractivity contribution in [1.82, 2.24) is 9.97 Å². The van der Waals surface area contributed by atoms with Crippen LogP contribution in [0.2, 0.25) is 0 Å². The standard InChI is InChI=1S/C16H17BrN2O/c17-12-6-13-14(8-19-16(13)18-7-12)15(20)5-11-4-9-1-2-10(11)3-9/h6-11H,1-5H2,(H,18,19). The second-order valence-corrected chi connectivity index (χ2v) is 7.23. The SMILES string of the molecule is O=C(CC1CC2CCC1C2)c1c[nH]c2ncc(Br)cc12. The van der Waals surface area contributed by atoms with E-state index < -0.39 is 0 Å². The van der Waals surface area contributed by atoms with Gasteiger partial charge in [0.15, 0.2) is 5.78 Å². The number of nitrogens with one attached hydrogen (secondary N) is 1. The number of hydrogen-bond acceptors (Lipinski definition) is 2. The van der Waals surface area contributed by atoms with E-state index in [1.165, 1.54) is 25.7 Å². The van der Waals surface area contributed by atoms with E-state index >= 15 is 0 Å². The number of H-pyrrole nitrogens is 1. The maximum Gasteiger partial charge on any atom is 0.165 e. The third kappa shape index (κ3) is 2.01. The predicted molar refractivity (Wildman–Crippen MR) is 81.7 cm³/mol. The first-order chi connectivity index (χ1) is 9.70. The van der Waals surface area contributed by atoms with Crippen LogP contribution in [0.3, 0.4) is 0 Å². The number of aromatic amines is 1. The molecule has 2 aromatic rings. The van der Waals surface area contributed by atoms with E-state index in [2.05, 4.69) is 25.9 Å². The molecule has 2 bridgehead atoms. The summed E-state index contributed by atoms with van der Waals surface area (Å²) >= 11 is 3.43. The molecule has 1 N–H and O–H groups in total. The van der Waals surface area contributed by atoms with E-state index in [1.54, 1.807) is 6.20 Å². The van der Waals surface area contributed by atoms with E-state index in [1.807, 2.05) is 12.3 Å². The number of hydrogen-bond donors (Lipinski definition) is 1. The summed E-state index contributed by atoms with van der Waals surface area (Å²) in [5, 5.41) is 0.938. The number of ketones is 1. The van der Waals surface area contributed by atoms with Crippen LogP contribution in [0.5, 0.6) is 0 Å². The maximum absolute atomic E-state index is 12.6. The van der Waals surface area contributed by atoms with E-state index in [9.17, 15) is 4.79 Å². The number of Topliss-reactive ketones (excluding diaryl/α,β-unsaturated/α-hetero) is 1. The molecule has 3 atom stereocenters. The fourth-order valence-electron chi connectivity index (χ4n) is 4.18. The molecule has 0 aliphatic heterocycles. The lowest BCUT2D eigenvalue weighted by atomic mass is 9.84. The number of carbonyl (C=O) groups is 1. The van der Waals surface area contributed by atoms with Gasteiger partial charge in [-0.05, 0) is 59.0 Å². The van der Waals surface area contributed by atoms with Crippen LogP contribution < -0.4 is 0 Å². The molecular weight excluding hydrogens is 316 g/mol. The minimum absolute atomic E-state index is 0.272. The Hall–Kier alpha value is -1.16.